The Morgan fingerprint density at radius 2 is 2.04 bits per heavy atom. The van der Waals surface area contributed by atoms with E-state index in [9.17, 15) is 9.59 Å². The number of carbonyl (C=O) groups excluding carboxylic acids is 2. The van der Waals surface area contributed by atoms with Crippen molar-refractivity contribution in [2.24, 2.45) is 11.0 Å². The normalized spacial score (nSPS) is 21.9. The lowest BCUT2D eigenvalue weighted by Gasteiger charge is -2.41. The molecule has 28 heavy (non-hydrogen) atoms. The Balaban J connectivity index is 1.43. The molecule has 3 aliphatic rings. The second kappa shape index (κ2) is 6.79. The van der Waals surface area contributed by atoms with Crippen molar-refractivity contribution < 1.29 is 14.3 Å². The standard InChI is InChI=1S/C21H28N4O3/c1-13-19(26)23-22-18-8-7-16-6-5-14(10-17(16)25(13)18)9-15-11-24(12-15)20(27)28-21(2,3)4/h5-6,10,13,15H,7-9,11-12H2,1-4H3,(H,23,26). The van der Waals surface area contributed by atoms with Gasteiger partial charge in [-0.15, -0.1) is 0 Å². The summed E-state index contributed by atoms with van der Waals surface area (Å²) in [7, 11) is 0. The van der Waals surface area contributed by atoms with Crippen LogP contribution in [0.3, 0.4) is 0 Å². The van der Waals surface area contributed by atoms with Crippen LogP contribution in [0.5, 0.6) is 0 Å². The van der Waals surface area contributed by atoms with Crippen molar-refractivity contribution in [2.45, 2.75) is 58.6 Å². The van der Waals surface area contributed by atoms with Gasteiger partial charge in [0.25, 0.3) is 5.91 Å². The predicted molar refractivity (Wildman–Crippen MR) is 107 cm³/mol. The SMILES string of the molecule is CC1C(=O)NN=C2CCc3ccc(CC4CN(C(=O)OC(C)(C)C)C4)cc3N21. The Morgan fingerprint density at radius 3 is 2.75 bits per heavy atom. The minimum atomic E-state index is -0.461. The summed E-state index contributed by atoms with van der Waals surface area (Å²) in [5.41, 5.74) is 5.73. The number of carbonyl (C=O) groups is 2. The van der Waals surface area contributed by atoms with Gasteiger partial charge in [0.2, 0.25) is 0 Å². The van der Waals surface area contributed by atoms with E-state index in [1.807, 2.05) is 27.7 Å². The summed E-state index contributed by atoms with van der Waals surface area (Å²) in [6.07, 6.45) is 2.45. The van der Waals surface area contributed by atoms with E-state index in [2.05, 4.69) is 33.6 Å². The fraction of sp³-hybridized carbons (Fsp3) is 0.571. The molecule has 3 aliphatic heterocycles. The van der Waals surface area contributed by atoms with Crippen molar-refractivity contribution in [3.8, 4) is 0 Å². The molecular formula is C21H28N4O3. The van der Waals surface area contributed by atoms with Crippen LogP contribution in [0.4, 0.5) is 10.5 Å². The van der Waals surface area contributed by atoms with Crippen LogP contribution in [-0.4, -0.2) is 47.5 Å². The fourth-order valence-electron chi connectivity index (χ4n) is 4.06. The topological polar surface area (TPSA) is 74.2 Å². The molecule has 0 aromatic heterocycles. The highest BCUT2D eigenvalue weighted by atomic mass is 16.6. The molecular weight excluding hydrogens is 356 g/mol. The Hall–Kier alpha value is -2.57. The average Bonchev–Trinajstić information content (AvgIpc) is 2.58. The van der Waals surface area contributed by atoms with E-state index >= 15 is 0 Å². The largest absolute Gasteiger partial charge is 0.444 e. The Morgan fingerprint density at radius 1 is 1.29 bits per heavy atom. The molecule has 3 heterocycles. The van der Waals surface area contributed by atoms with Crippen molar-refractivity contribution in [3.05, 3.63) is 29.3 Å². The average molecular weight is 384 g/mol. The monoisotopic (exact) mass is 384 g/mol. The van der Waals surface area contributed by atoms with E-state index in [0.29, 0.717) is 5.92 Å². The molecule has 0 radical (unpaired) electrons. The van der Waals surface area contributed by atoms with Gasteiger partial charge in [-0.3, -0.25) is 4.79 Å². The predicted octanol–water partition coefficient (Wildman–Crippen LogP) is 2.68. The zero-order valence-electron chi connectivity index (χ0n) is 17.0. The van der Waals surface area contributed by atoms with Gasteiger partial charge in [-0.25, -0.2) is 10.2 Å². The number of benzene rings is 1. The van der Waals surface area contributed by atoms with Crippen molar-refractivity contribution in [2.75, 3.05) is 18.0 Å². The first kappa shape index (κ1) is 18.8. The zero-order chi connectivity index (χ0) is 20.1. The molecule has 1 aromatic carbocycles. The molecule has 1 fully saturated rings. The van der Waals surface area contributed by atoms with Crippen LogP contribution in [0.25, 0.3) is 0 Å². The first-order valence-electron chi connectivity index (χ1n) is 9.96. The lowest BCUT2D eigenvalue weighted by atomic mass is 9.90. The number of ether oxygens (including phenoxy) is 1. The van der Waals surface area contributed by atoms with Crippen LogP contribution < -0.4 is 10.3 Å². The highest BCUT2D eigenvalue weighted by molar-refractivity contribution is 6.08. The van der Waals surface area contributed by atoms with Gasteiger partial charge in [0.15, 0.2) is 0 Å². The molecule has 1 atom stereocenters. The first-order valence-corrected chi connectivity index (χ1v) is 9.96. The number of hydrogen-bond acceptors (Lipinski definition) is 5. The highest BCUT2D eigenvalue weighted by Crippen LogP contribution is 2.33. The van der Waals surface area contributed by atoms with Gasteiger partial charge in [-0.05, 0) is 63.6 Å². The van der Waals surface area contributed by atoms with Crippen LogP contribution >= 0.6 is 0 Å². The molecule has 7 nitrogen and oxygen atoms in total. The Bertz CT molecular complexity index is 837. The second-order valence-corrected chi connectivity index (χ2v) is 8.97. The molecule has 7 heteroatoms. The summed E-state index contributed by atoms with van der Waals surface area (Å²) in [6, 6.07) is 6.28. The maximum atomic E-state index is 12.1. The molecule has 1 N–H and O–H groups in total. The minimum Gasteiger partial charge on any atom is -0.444 e. The summed E-state index contributed by atoms with van der Waals surface area (Å²) in [4.78, 5) is 28.0. The van der Waals surface area contributed by atoms with E-state index in [0.717, 1.165) is 43.9 Å². The summed E-state index contributed by atoms with van der Waals surface area (Å²) in [6.45, 7) is 9.01. The second-order valence-electron chi connectivity index (χ2n) is 8.97. The van der Waals surface area contributed by atoms with Gasteiger partial charge in [0.1, 0.15) is 17.5 Å². The van der Waals surface area contributed by atoms with Crippen molar-refractivity contribution >= 4 is 23.5 Å². The molecule has 0 bridgehead atoms. The Labute approximate surface area is 165 Å². The smallest absolute Gasteiger partial charge is 0.410 e. The molecule has 4 rings (SSSR count). The molecule has 1 aromatic rings. The fourth-order valence-corrected chi connectivity index (χ4v) is 4.06. The van der Waals surface area contributed by atoms with Crippen LogP contribution in [0, 0.1) is 5.92 Å². The van der Waals surface area contributed by atoms with Gasteiger partial charge in [-0.2, -0.15) is 5.10 Å². The molecule has 1 unspecified atom stereocenters. The van der Waals surface area contributed by atoms with E-state index < -0.39 is 5.60 Å². The summed E-state index contributed by atoms with van der Waals surface area (Å²) in [5, 5.41) is 4.24. The lowest BCUT2D eigenvalue weighted by molar-refractivity contribution is -0.122. The van der Waals surface area contributed by atoms with Gasteiger partial charge < -0.3 is 14.5 Å². The number of aryl methyl sites for hydroxylation is 1. The molecule has 0 saturated carbocycles. The third-order valence-electron chi connectivity index (χ3n) is 5.50. The van der Waals surface area contributed by atoms with Crippen molar-refractivity contribution in [3.63, 3.8) is 0 Å². The van der Waals surface area contributed by atoms with Gasteiger partial charge >= 0.3 is 6.09 Å². The van der Waals surface area contributed by atoms with E-state index in [1.54, 1.807) is 4.90 Å². The van der Waals surface area contributed by atoms with Crippen LogP contribution in [0.15, 0.2) is 23.3 Å². The van der Waals surface area contributed by atoms with Gasteiger partial charge in [-0.1, -0.05) is 12.1 Å². The molecule has 0 aliphatic carbocycles. The van der Waals surface area contributed by atoms with E-state index in [4.69, 9.17) is 4.74 Å². The zero-order valence-corrected chi connectivity index (χ0v) is 17.0. The van der Waals surface area contributed by atoms with Crippen molar-refractivity contribution in [1.29, 1.82) is 0 Å². The van der Waals surface area contributed by atoms with Crippen LogP contribution in [0.2, 0.25) is 0 Å². The Kier molecular flexibility index (Phi) is 4.56. The van der Waals surface area contributed by atoms with E-state index in [1.165, 1.54) is 11.1 Å². The number of rotatable bonds is 2. The third kappa shape index (κ3) is 3.57. The van der Waals surface area contributed by atoms with Gasteiger partial charge in [0, 0.05) is 25.2 Å². The van der Waals surface area contributed by atoms with Crippen LogP contribution in [0.1, 0.15) is 45.2 Å². The number of fused-ring (bicyclic) bond motifs is 3. The molecule has 150 valence electrons. The number of amidine groups is 1. The maximum absolute atomic E-state index is 12.1. The quantitative estimate of drug-likeness (QED) is 0.851. The summed E-state index contributed by atoms with van der Waals surface area (Å²) >= 11 is 0. The minimum absolute atomic E-state index is 0.0750. The number of nitrogens with zero attached hydrogens (tertiary/aromatic N) is 3. The highest BCUT2D eigenvalue weighted by Gasteiger charge is 2.36. The molecule has 1 saturated heterocycles. The summed E-state index contributed by atoms with van der Waals surface area (Å²) < 4.78 is 5.42. The lowest BCUT2D eigenvalue weighted by Crippen LogP contribution is -2.54. The third-order valence-corrected chi connectivity index (χ3v) is 5.50. The van der Waals surface area contributed by atoms with E-state index in [-0.39, 0.29) is 18.0 Å². The number of nitrogens with one attached hydrogen (secondary N) is 1. The summed E-state index contributed by atoms with van der Waals surface area (Å²) in [5.74, 6) is 1.29. The number of hydrogen-bond donors (Lipinski definition) is 1. The number of anilines is 1. The number of amides is 2. The first-order chi connectivity index (χ1) is 13.2. The number of hydrazone groups is 1. The van der Waals surface area contributed by atoms with Gasteiger partial charge in [0.05, 0.1) is 0 Å². The molecule has 0 spiro atoms. The number of likely N-dealkylation sites (tertiary alicyclic amines) is 1. The molecule has 2 amide bonds. The van der Waals surface area contributed by atoms with Crippen molar-refractivity contribution in [1.82, 2.24) is 10.3 Å². The van der Waals surface area contributed by atoms with Crippen LogP contribution in [-0.2, 0) is 22.4 Å². The maximum Gasteiger partial charge on any atom is 0.410 e.